The highest BCUT2D eigenvalue weighted by molar-refractivity contribution is 6.02. The summed E-state index contributed by atoms with van der Waals surface area (Å²) >= 11 is 0. The summed E-state index contributed by atoms with van der Waals surface area (Å²) in [5, 5.41) is 2.74. The van der Waals surface area contributed by atoms with Gasteiger partial charge in [-0.1, -0.05) is 24.3 Å². The van der Waals surface area contributed by atoms with E-state index in [4.69, 9.17) is 10.5 Å². The number of carbonyl (C=O) groups excluding carboxylic acids is 1. The number of benzene rings is 2. The van der Waals surface area contributed by atoms with Gasteiger partial charge in [0.15, 0.2) is 0 Å². The molecule has 1 amide bonds. The number of anilines is 2. The first kappa shape index (κ1) is 13.7. The number of para-hydroxylation sites is 1. The molecule has 0 aromatic heterocycles. The van der Waals surface area contributed by atoms with E-state index in [0.29, 0.717) is 11.4 Å². The normalized spacial score (nSPS) is 10.4. The van der Waals surface area contributed by atoms with E-state index < -0.39 is 0 Å². The Bertz CT molecular complexity index is 636. The number of hydrogen-bond donors (Lipinski definition) is 2. The third kappa shape index (κ3) is 3.62. The van der Waals surface area contributed by atoms with Crippen molar-refractivity contribution >= 4 is 23.4 Å². The van der Waals surface area contributed by atoms with Crippen LogP contribution in [0.1, 0.15) is 5.56 Å². The summed E-state index contributed by atoms with van der Waals surface area (Å²) in [5.41, 5.74) is 7.77. The molecule has 0 aliphatic carbocycles. The van der Waals surface area contributed by atoms with Crippen LogP contribution in [0.5, 0.6) is 5.75 Å². The zero-order valence-corrected chi connectivity index (χ0v) is 11.2. The topological polar surface area (TPSA) is 64.3 Å². The summed E-state index contributed by atoms with van der Waals surface area (Å²) in [7, 11) is 1.60. The molecule has 0 unspecified atom stereocenters. The van der Waals surface area contributed by atoms with Gasteiger partial charge in [-0.05, 0) is 30.3 Å². The average molecular weight is 268 g/mol. The van der Waals surface area contributed by atoms with Crippen molar-refractivity contribution in [2.75, 3.05) is 18.2 Å². The minimum Gasteiger partial charge on any atom is -0.496 e. The standard InChI is InChI=1S/C16H16N2O2/c1-20-15-8-3-2-5-12(15)9-10-16(19)18-14-7-4-6-13(17)11-14/h2-11H,17H2,1H3,(H,18,19). The number of nitrogen functional groups attached to an aromatic ring is 1. The van der Waals surface area contributed by atoms with Gasteiger partial charge in [0.25, 0.3) is 0 Å². The van der Waals surface area contributed by atoms with Gasteiger partial charge in [-0.25, -0.2) is 0 Å². The van der Waals surface area contributed by atoms with Crippen LogP contribution in [-0.4, -0.2) is 13.0 Å². The molecule has 0 radical (unpaired) electrons. The molecule has 0 heterocycles. The molecule has 4 heteroatoms. The Balaban J connectivity index is 2.06. The Hall–Kier alpha value is -2.75. The minimum absolute atomic E-state index is 0.221. The third-order valence-corrected chi connectivity index (χ3v) is 2.71. The summed E-state index contributed by atoms with van der Waals surface area (Å²) in [6.45, 7) is 0. The van der Waals surface area contributed by atoms with Crippen LogP contribution in [0.4, 0.5) is 11.4 Å². The maximum Gasteiger partial charge on any atom is 0.248 e. The smallest absolute Gasteiger partial charge is 0.248 e. The van der Waals surface area contributed by atoms with Crippen molar-refractivity contribution in [3.05, 3.63) is 60.2 Å². The van der Waals surface area contributed by atoms with Crippen molar-refractivity contribution in [2.45, 2.75) is 0 Å². The summed E-state index contributed by atoms with van der Waals surface area (Å²) in [6, 6.07) is 14.5. The van der Waals surface area contributed by atoms with Crippen LogP contribution in [0.15, 0.2) is 54.6 Å². The Kier molecular flexibility index (Phi) is 4.39. The van der Waals surface area contributed by atoms with Crippen LogP contribution in [0.3, 0.4) is 0 Å². The van der Waals surface area contributed by atoms with Gasteiger partial charge in [-0.2, -0.15) is 0 Å². The lowest BCUT2D eigenvalue weighted by Crippen LogP contribution is -2.07. The molecule has 102 valence electrons. The van der Waals surface area contributed by atoms with Crippen molar-refractivity contribution in [2.24, 2.45) is 0 Å². The predicted molar refractivity (Wildman–Crippen MR) is 81.5 cm³/mol. The number of amides is 1. The molecule has 2 rings (SSSR count). The van der Waals surface area contributed by atoms with Crippen LogP contribution in [-0.2, 0) is 4.79 Å². The van der Waals surface area contributed by atoms with E-state index in [0.717, 1.165) is 11.3 Å². The van der Waals surface area contributed by atoms with Gasteiger partial charge >= 0.3 is 0 Å². The van der Waals surface area contributed by atoms with Gasteiger partial charge in [-0.3, -0.25) is 4.79 Å². The molecule has 0 aliphatic heterocycles. The zero-order chi connectivity index (χ0) is 14.4. The number of rotatable bonds is 4. The fourth-order valence-corrected chi connectivity index (χ4v) is 1.77. The molecule has 0 saturated heterocycles. The van der Waals surface area contributed by atoms with Crippen molar-refractivity contribution < 1.29 is 9.53 Å². The maximum atomic E-state index is 11.8. The minimum atomic E-state index is -0.221. The second-order valence-corrected chi connectivity index (χ2v) is 4.19. The average Bonchev–Trinajstić information content (AvgIpc) is 2.45. The first-order chi connectivity index (χ1) is 9.69. The first-order valence-corrected chi connectivity index (χ1v) is 6.16. The van der Waals surface area contributed by atoms with Crippen LogP contribution < -0.4 is 15.8 Å². The lowest BCUT2D eigenvalue weighted by atomic mass is 10.2. The molecule has 20 heavy (non-hydrogen) atoms. The van der Waals surface area contributed by atoms with E-state index in [-0.39, 0.29) is 5.91 Å². The lowest BCUT2D eigenvalue weighted by molar-refractivity contribution is -0.111. The van der Waals surface area contributed by atoms with Crippen LogP contribution in [0.25, 0.3) is 6.08 Å². The Morgan fingerprint density at radius 1 is 1.20 bits per heavy atom. The van der Waals surface area contributed by atoms with Gasteiger partial charge in [-0.15, -0.1) is 0 Å². The maximum absolute atomic E-state index is 11.8. The molecule has 2 aromatic carbocycles. The molecule has 0 saturated carbocycles. The predicted octanol–water partition coefficient (Wildman–Crippen LogP) is 2.93. The summed E-state index contributed by atoms with van der Waals surface area (Å²) in [5.74, 6) is 0.502. The molecule has 4 nitrogen and oxygen atoms in total. The first-order valence-electron chi connectivity index (χ1n) is 6.16. The quantitative estimate of drug-likeness (QED) is 0.662. The van der Waals surface area contributed by atoms with E-state index in [9.17, 15) is 4.79 Å². The van der Waals surface area contributed by atoms with Crippen molar-refractivity contribution in [3.63, 3.8) is 0 Å². The highest BCUT2D eigenvalue weighted by Gasteiger charge is 2.00. The van der Waals surface area contributed by atoms with Crippen LogP contribution in [0, 0.1) is 0 Å². The molecular formula is C16H16N2O2. The fourth-order valence-electron chi connectivity index (χ4n) is 1.77. The van der Waals surface area contributed by atoms with E-state index >= 15 is 0 Å². The lowest BCUT2D eigenvalue weighted by Gasteiger charge is -2.04. The molecule has 0 bridgehead atoms. The largest absolute Gasteiger partial charge is 0.496 e. The summed E-state index contributed by atoms with van der Waals surface area (Å²) in [4.78, 5) is 11.8. The number of nitrogens with two attached hydrogens (primary N) is 1. The number of methoxy groups -OCH3 is 1. The SMILES string of the molecule is COc1ccccc1C=CC(=O)Nc1cccc(N)c1. The molecule has 2 aromatic rings. The number of ether oxygens (including phenoxy) is 1. The molecular weight excluding hydrogens is 252 g/mol. The van der Waals surface area contributed by atoms with Gasteiger partial charge in [0.1, 0.15) is 5.75 Å². The Morgan fingerprint density at radius 2 is 2.00 bits per heavy atom. The highest BCUT2D eigenvalue weighted by Crippen LogP contribution is 2.18. The molecule has 0 aliphatic rings. The summed E-state index contributed by atoms with van der Waals surface area (Å²) in [6.07, 6.45) is 3.17. The van der Waals surface area contributed by atoms with Crippen molar-refractivity contribution in [1.29, 1.82) is 0 Å². The molecule has 0 fully saturated rings. The second kappa shape index (κ2) is 6.43. The van der Waals surface area contributed by atoms with Gasteiger partial charge in [0.05, 0.1) is 7.11 Å². The van der Waals surface area contributed by atoms with E-state index in [1.54, 1.807) is 37.5 Å². The zero-order valence-electron chi connectivity index (χ0n) is 11.2. The van der Waals surface area contributed by atoms with Crippen molar-refractivity contribution in [1.82, 2.24) is 0 Å². The summed E-state index contributed by atoms with van der Waals surface area (Å²) < 4.78 is 5.21. The monoisotopic (exact) mass is 268 g/mol. The van der Waals surface area contributed by atoms with Gasteiger partial charge < -0.3 is 15.8 Å². The number of hydrogen-bond acceptors (Lipinski definition) is 3. The highest BCUT2D eigenvalue weighted by atomic mass is 16.5. The van der Waals surface area contributed by atoms with Gasteiger partial charge in [0, 0.05) is 23.0 Å². The molecule has 0 spiro atoms. The second-order valence-electron chi connectivity index (χ2n) is 4.19. The Morgan fingerprint density at radius 3 is 2.75 bits per heavy atom. The van der Waals surface area contributed by atoms with E-state index in [1.807, 2.05) is 24.3 Å². The third-order valence-electron chi connectivity index (χ3n) is 2.71. The molecule has 3 N–H and O–H groups in total. The number of carbonyl (C=O) groups is 1. The van der Waals surface area contributed by atoms with Crippen LogP contribution in [0.2, 0.25) is 0 Å². The van der Waals surface area contributed by atoms with Crippen molar-refractivity contribution in [3.8, 4) is 5.75 Å². The van der Waals surface area contributed by atoms with Gasteiger partial charge in [0.2, 0.25) is 5.91 Å². The molecule has 0 atom stereocenters. The van der Waals surface area contributed by atoms with E-state index in [1.165, 1.54) is 6.08 Å². The number of nitrogens with one attached hydrogen (secondary N) is 1. The van der Waals surface area contributed by atoms with E-state index in [2.05, 4.69) is 5.32 Å². The van der Waals surface area contributed by atoms with Crippen LogP contribution >= 0.6 is 0 Å². The Labute approximate surface area is 117 Å². The fraction of sp³-hybridized carbons (Fsp3) is 0.0625.